The predicted octanol–water partition coefficient (Wildman–Crippen LogP) is 2.58. The number of pyridine rings is 1. The Balaban J connectivity index is 1.76. The quantitative estimate of drug-likeness (QED) is 0.335. The first-order valence-corrected chi connectivity index (χ1v) is 9.47. The highest BCUT2D eigenvalue weighted by atomic mass is 127. The van der Waals surface area contributed by atoms with Crippen molar-refractivity contribution in [3.63, 3.8) is 0 Å². The van der Waals surface area contributed by atoms with Crippen LogP contribution >= 0.6 is 22.6 Å². The maximum Gasteiger partial charge on any atom is 0.260 e. The molecule has 0 bridgehead atoms. The molecule has 1 aliphatic heterocycles. The second-order valence-corrected chi connectivity index (χ2v) is 7.15. The Morgan fingerprint density at radius 3 is 2.81 bits per heavy atom. The number of rotatable bonds is 6. The number of carbonyl (C=O) groups excluding carboxylic acids is 2. The van der Waals surface area contributed by atoms with Crippen LogP contribution in [0, 0.1) is 3.57 Å². The molecule has 0 saturated heterocycles. The maximum atomic E-state index is 12.2. The van der Waals surface area contributed by atoms with Crippen LogP contribution in [0.5, 0.6) is 11.5 Å². The molecule has 140 valence electrons. The molecule has 27 heavy (non-hydrogen) atoms. The van der Waals surface area contributed by atoms with Gasteiger partial charge >= 0.3 is 0 Å². The van der Waals surface area contributed by atoms with E-state index in [0.29, 0.717) is 41.3 Å². The van der Waals surface area contributed by atoms with E-state index < -0.39 is 11.8 Å². The first kappa shape index (κ1) is 19.2. The number of hydrogen-bond acceptors (Lipinski definition) is 6. The molecule has 0 atom stereocenters. The first-order chi connectivity index (χ1) is 13.0. The van der Waals surface area contributed by atoms with Gasteiger partial charge in [-0.15, -0.1) is 0 Å². The van der Waals surface area contributed by atoms with E-state index in [0.717, 1.165) is 9.99 Å². The Hall–Kier alpha value is -2.62. The van der Waals surface area contributed by atoms with E-state index in [1.54, 1.807) is 18.3 Å². The fourth-order valence-electron chi connectivity index (χ4n) is 2.59. The lowest BCUT2D eigenvalue weighted by atomic mass is 9.96. The molecule has 8 heteroatoms. The number of nitrogens with one attached hydrogen (secondary N) is 2. The highest BCUT2D eigenvalue weighted by Gasteiger charge is 2.27. The number of fused-ring (bicyclic) bond motifs is 1. The van der Waals surface area contributed by atoms with Crippen molar-refractivity contribution in [2.24, 2.45) is 0 Å². The second-order valence-electron chi connectivity index (χ2n) is 5.90. The summed E-state index contributed by atoms with van der Waals surface area (Å²) in [5.74, 6) is -0.504. The van der Waals surface area contributed by atoms with Crippen molar-refractivity contribution in [2.75, 3.05) is 6.61 Å². The average Bonchev–Trinajstić information content (AvgIpc) is 2.63. The highest BCUT2D eigenvalue weighted by molar-refractivity contribution is 14.1. The van der Waals surface area contributed by atoms with Gasteiger partial charge in [-0.05, 0) is 47.2 Å². The van der Waals surface area contributed by atoms with Gasteiger partial charge in [0.1, 0.15) is 0 Å². The molecule has 1 aromatic carbocycles. The zero-order valence-corrected chi connectivity index (χ0v) is 16.7. The van der Waals surface area contributed by atoms with Crippen molar-refractivity contribution in [3.05, 3.63) is 57.1 Å². The number of amides is 2. The summed E-state index contributed by atoms with van der Waals surface area (Å²) in [5, 5.41) is 15.3. The molecule has 0 radical (unpaired) electrons. The standard InChI is InChI=1S/C19H18IN3O4/c1-2-5-27-17-10-22-12(7-16(17)24)8-21-9-15-14-6-11(20)3-4-13(14)18(25)23-19(15)26/h3-4,6-7,9-10,21H,2,5,8H2,1H3,(H,22,24)(H,23,25,26)/b15-9-. The number of nitrogens with zero attached hydrogens (tertiary/aromatic N) is 1. The van der Waals surface area contributed by atoms with Gasteiger partial charge in [-0.3, -0.25) is 19.9 Å². The van der Waals surface area contributed by atoms with E-state index in [2.05, 4.69) is 38.2 Å². The minimum atomic E-state index is -0.457. The predicted molar refractivity (Wildman–Crippen MR) is 108 cm³/mol. The summed E-state index contributed by atoms with van der Waals surface area (Å²) in [6.07, 6.45) is 3.86. The Kier molecular flexibility index (Phi) is 5.94. The summed E-state index contributed by atoms with van der Waals surface area (Å²) >= 11 is 2.13. The molecule has 0 aliphatic carbocycles. The smallest absolute Gasteiger partial charge is 0.260 e. The summed E-state index contributed by atoms with van der Waals surface area (Å²) in [7, 11) is 0. The van der Waals surface area contributed by atoms with Gasteiger partial charge in [0.25, 0.3) is 11.8 Å². The minimum absolute atomic E-state index is 0.0174. The lowest BCUT2D eigenvalue weighted by Crippen LogP contribution is -2.37. The third-order valence-corrected chi connectivity index (χ3v) is 4.55. The fraction of sp³-hybridized carbons (Fsp3) is 0.211. The zero-order chi connectivity index (χ0) is 19.4. The monoisotopic (exact) mass is 479 g/mol. The molecule has 7 nitrogen and oxygen atoms in total. The molecule has 2 heterocycles. The van der Waals surface area contributed by atoms with Crippen LogP contribution < -0.4 is 15.4 Å². The van der Waals surface area contributed by atoms with Crippen molar-refractivity contribution in [2.45, 2.75) is 19.9 Å². The van der Waals surface area contributed by atoms with Gasteiger partial charge in [-0.25, -0.2) is 0 Å². The Bertz CT molecular complexity index is 927. The number of ether oxygens (including phenoxy) is 1. The molecule has 3 rings (SSSR count). The van der Waals surface area contributed by atoms with Crippen LogP contribution in [0.4, 0.5) is 0 Å². The van der Waals surface area contributed by atoms with Gasteiger partial charge in [-0.2, -0.15) is 0 Å². The molecule has 0 fully saturated rings. The van der Waals surface area contributed by atoms with E-state index in [-0.39, 0.29) is 5.75 Å². The number of aromatic nitrogens is 1. The molecule has 1 aromatic heterocycles. The number of benzene rings is 1. The van der Waals surface area contributed by atoms with Crippen molar-refractivity contribution in [3.8, 4) is 11.5 Å². The molecule has 0 unspecified atom stereocenters. The van der Waals surface area contributed by atoms with E-state index in [1.165, 1.54) is 12.3 Å². The van der Waals surface area contributed by atoms with Crippen molar-refractivity contribution >= 4 is 40.0 Å². The Morgan fingerprint density at radius 2 is 2.07 bits per heavy atom. The minimum Gasteiger partial charge on any atom is -0.504 e. The summed E-state index contributed by atoms with van der Waals surface area (Å²) in [6, 6.07) is 6.82. The van der Waals surface area contributed by atoms with Crippen LogP contribution in [-0.2, 0) is 11.3 Å². The molecule has 0 saturated carbocycles. The number of carbonyl (C=O) groups is 2. The topological polar surface area (TPSA) is 101 Å². The van der Waals surface area contributed by atoms with Gasteiger partial charge in [0.2, 0.25) is 0 Å². The lowest BCUT2D eigenvalue weighted by Gasteiger charge is -2.18. The van der Waals surface area contributed by atoms with Gasteiger partial charge in [-0.1, -0.05) is 6.92 Å². The molecule has 0 spiro atoms. The molecular weight excluding hydrogens is 461 g/mol. The van der Waals surface area contributed by atoms with Gasteiger partial charge in [0, 0.05) is 27.0 Å². The third kappa shape index (κ3) is 4.38. The fourth-order valence-corrected chi connectivity index (χ4v) is 3.08. The molecular formula is C19H18IN3O4. The Labute approximate surface area is 170 Å². The number of halogens is 1. The number of imide groups is 1. The van der Waals surface area contributed by atoms with Crippen LogP contribution in [-0.4, -0.2) is 28.5 Å². The van der Waals surface area contributed by atoms with Crippen LogP contribution in [0.3, 0.4) is 0 Å². The van der Waals surface area contributed by atoms with Crippen LogP contribution in [0.1, 0.15) is 35.0 Å². The number of hydrogen-bond donors (Lipinski definition) is 3. The molecule has 2 aromatic rings. The van der Waals surface area contributed by atoms with E-state index in [9.17, 15) is 14.7 Å². The largest absolute Gasteiger partial charge is 0.504 e. The average molecular weight is 479 g/mol. The van der Waals surface area contributed by atoms with E-state index >= 15 is 0 Å². The summed E-state index contributed by atoms with van der Waals surface area (Å²) in [4.78, 5) is 28.4. The maximum absolute atomic E-state index is 12.2. The molecule has 2 amide bonds. The summed E-state index contributed by atoms with van der Waals surface area (Å²) < 4.78 is 6.31. The lowest BCUT2D eigenvalue weighted by molar-refractivity contribution is -0.114. The van der Waals surface area contributed by atoms with Crippen molar-refractivity contribution in [1.29, 1.82) is 0 Å². The first-order valence-electron chi connectivity index (χ1n) is 8.39. The summed E-state index contributed by atoms with van der Waals surface area (Å²) in [6.45, 7) is 2.78. The van der Waals surface area contributed by atoms with Gasteiger partial charge < -0.3 is 15.2 Å². The van der Waals surface area contributed by atoms with Crippen LogP contribution in [0.2, 0.25) is 0 Å². The number of aromatic hydroxyl groups is 1. The van der Waals surface area contributed by atoms with Gasteiger partial charge in [0.05, 0.1) is 30.6 Å². The summed E-state index contributed by atoms with van der Waals surface area (Å²) in [5.41, 5.74) is 2.00. The molecule has 1 aliphatic rings. The molecule has 3 N–H and O–H groups in total. The van der Waals surface area contributed by atoms with Crippen LogP contribution in [0.15, 0.2) is 36.7 Å². The normalized spacial score (nSPS) is 14.7. The van der Waals surface area contributed by atoms with Crippen molar-refractivity contribution < 1.29 is 19.4 Å². The Morgan fingerprint density at radius 1 is 1.26 bits per heavy atom. The van der Waals surface area contributed by atoms with E-state index in [1.807, 2.05) is 13.0 Å². The second kappa shape index (κ2) is 8.38. The van der Waals surface area contributed by atoms with Crippen LogP contribution in [0.25, 0.3) is 5.57 Å². The van der Waals surface area contributed by atoms with Gasteiger partial charge in [0.15, 0.2) is 11.5 Å². The highest BCUT2D eigenvalue weighted by Crippen LogP contribution is 2.26. The SMILES string of the molecule is CCCOc1cnc(CN/C=C2\C(=O)NC(=O)c3ccc(I)cc32)cc1O. The zero-order valence-electron chi connectivity index (χ0n) is 14.6. The van der Waals surface area contributed by atoms with Crippen molar-refractivity contribution in [1.82, 2.24) is 15.6 Å². The third-order valence-electron chi connectivity index (χ3n) is 3.88. The van der Waals surface area contributed by atoms with E-state index in [4.69, 9.17) is 4.74 Å².